The minimum absolute atomic E-state index is 0.0184. The van der Waals surface area contributed by atoms with Crippen LogP contribution in [0.1, 0.15) is 18.9 Å². The van der Waals surface area contributed by atoms with E-state index in [-0.39, 0.29) is 24.6 Å². The zero-order valence-electron chi connectivity index (χ0n) is 11.6. The smallest absolute Gasteiger partial charge is 0.305 e. The Bertz CT molecular complexity index is 551. The Hall–Kier alpha value is -2.70. The standard InChI is InChI=1S/C14H16N2O5/c1-2-15(10-9-14(18)19)13(17)8-5-11-3-6-12(7-4-11)16(20)21/h3-8H,2,9-10H2,1H3,(H,18,19)/b8-5+. The van der Waals surface area contributed by atoms with Gasteiger partial charge >= 0.3 is 5.97 Å². The summed E-state index contributed by atoms with van der Waals surface area (Å²) in [6.45, 7) is 2.32. The summed E-state index contributed by atoms with van der Waals surface area (Å²) in [6.07, 6.45) is 2.76. The number of carbonyl (C=O) groups is 2. The third-order valence-corrected chi connectivity index (χ3v) is 2.81. The van der Waals surface area contributed by atoms with Crippen LogP contribution in [-0.2, 0) is 9.59 Å². The van der Waals surface area contributed by atoms with Gasteiger partial charge in [-0.3, -0.25) is 19.7 Å². The van der Waals surface area contributed by atoms with Gasteiger partial charge in [-0.05, 0) is 30.7 Å². The van der Waals surface area contributed by atoms with Gasteiger partial charge in [-0.2, -0.15) is 0 Å². The van der Waals surface area contributed by atoms with Crippen LogP contribution >= 0.6 is 0 Å². The predicted molar refractivity (Wildman–Crippen MR) is 76.6 cm³/mol. The molecule has 1 amide bonds. The number of carboxylic acids is 1. The van der Waals surface area contributed by atoms with Gasteiger partial charge in [0.15, 0.2) is 0 Å². The molecule has 0 unspecified atom stereocenters. The van der Waals surface area contributed by atoms with E-state index in [1.165, 1.54) is 41.3 Å². The summed E-state index contributed by atoms with van der Waals surface area (Å²) in [4.78, 5) is 33.8. The van der Waals surface area contributed by atoms with Gasteiger partial charge in [-0.25, -0.2) is 0 Å². The highest BCUT2D eigenvalue weighted by molar-refractivity contribution is 5.92. The van der Waals surface area contributed by atoms with E-state index < -0.39 is 10.9 Å². The van der Waals surface area contributed by atoms with Crippen LogP contribution in [0, 0.1) is 10.1 Å². The van der Waals surface area contributed by atoms with E-state index in [1.807, 2.05) is 0 Å². The molecule has 0 aliphatic carbocycles. The summed E-state index contributed by atoms with van der Waals surface area (Å²) in [7, 11) is 0. The Balaban J connectivity index is 2.67. The number of benzene rings is 1. The number of rotatable bonds is 7. The van der Waals surface area contributed by atoms with Crippen molar-refractivity contribution < 1.29 is 19.6 Å². The van der Waals surface area contributed by atoms with Crippen LogP contribution in [0.15, 0.2) is 30.3 Å². The van der Waals surface area contributed by atoms with Gasteiger partial charge in [-0.15, -0.1) is 0 Å². The Morgan fingerprint density at radius 2 is 1.95 bits per heavy atom. The molecule has 0 bridgehead atoms. The maximum Gasteiger partial charge on any atom is 0.305 e. The first kappa shape index (κ1) is 16.4. The highest BCUT2D eigenvalue weighted by Gasteiger charge is 2.10. The molecule has 1 aromatic carbocycles. The molecule has 0 heterocycles. The van der Waals surface area contributed by atoms with Crippen molar-refractivity contribution in [2.24, 2.45) is 0 Å². The van der Waals surface area contributed by atoms with Crippen LogP contribution in [0.2, 0.25) is 0 Å². The van der Waals surface area contributed by atoms with E-state index in [0.29, 0.717) is 12.1 Å². The molecule has 1 aromatic rings. The number of aliphatic carboxylic acids is 1. The van der Waals surface area contributed by atoms with Gasteiger partial charge in [0.05, 0.1) is 11.3 Å². The molecule has 112 valence electrons. The van der Waals surface area contributed by atoms with E-state index in [9.17, 15) is 19.7 Å². The largest absolute Gasteiger partial charge is 0.481 e. The number of amides is 1. The lowest BCUT2D eigenvalue weighted by molar-refractivity contribution is -0.384. The molecule has 21 heavy (non-hydrogen) atoms. The minimum atomic E-state index is -0.958. The van der Waals surface area contributed by atoms with Crippen LogP contribution < -0.4 is 0 Å². The summed E-state index contributed by atoms with van der Waals surface area (Å²) >= 11 is 0. The Kier molecular flexibility index (Phi) is 6.06. The second kappa shape index (κ2) is 7.78. The Labute approximate surface area is 121 Å². The molecule has 0 spiro atoms. The van der Waals surface area contributed by atoms with Crippen LogP contribution in [0.3, 0.4) is 0 Å². The predicted octanol–water partition coefficient (Wildman–Crippen LogP) is 1.93. The summed E-state index contributed by atoms with van der Waals surface area (Å²) in [5.41, 5.74) is 0.637. The third-order valence-electron chi connectivity index (χ3n) is 2.81. The number of carboxylic acid groups (broad SMARTS) is 1. The maximum absolute atomic E-state index is 11.9. The zero-order chi connectivity index (χ0) is 15.8. The number of non-ortho nitro benzene ring substituents is 1. The average Bonchev–Trinajstić information content (AvgIpc) is 2.45. The Morgan fingerprint density at radius 3 is 2.43 bits per heavy atom. The van der Waals surface area contributed by atoms with Gasteiger partial charge in [0, 0.05) is 31.3 Å². The first-order valence-corrected chi connectivity index (χ1v) is 6.37. The molecule has 7 nitrogen and oxygen atoms in total. The molecule has 7 heteroatoms. The molecular weight excluding hydrogens is 276 g/mol. The molecule has 0 fully saturated rings. The number of hydrogen-bond acceptors (Lipinski definition) is 4. The number of hydrogen-bond donors (Lipinski definition) is 1. The third kappa shape index (κ3) is 5.43. The van der Waals surface area contributed by atoms with Crippen molar-refractivity contribution in [3.63, 3.8) is 0 Å². The van der Waals surface area contributed by atoms with Crippen molar-refractivity contribution in [2.75, 3.05) is 13.1 Å². The first-order chi connectivity index (χ1) is 9.93. The van der Waals surface area contributed by atoms with Crippen LogP contribution in [-0.4, -0.2) is 39.9 Å². The summed E-state index contributed by atoms with van der Waals surface area (Å²) in [6, 6.07) is 5.78. The van der Waals surface area contributed by atoms with Gasteiger partial charge in [0.2, 0.25) is 5.91 Å². The van der Waals surface area contributed by atoms with E-state index in [2.05, 4.69) is 0 Å². The highest BCUT2D eigenvalue weighted by Crippen LogP contribution is 2.13. The monoisotopic (exact) mass is 292 g/mol. The lowest BCUT2D eigenvalue weighted by Crippen LogP contribution is -2.31. The summed E-state index contributed by atoms with van der Waals surface area (Å²) < 4.78 is 0. The fourth-order valence-electron chi connectivity index (χ4n) is 1.63. The number of nitro benzene ring substituents is 1. The van der Waals surface area contributed by atoms with Crippen molar-refractivity contribution >= 4 is 23.6 Å². The molecule has 0 radical (unpaired) electrons. The van der Waals surface area contributed by atoms with E-state index in [4.69, 9.17) is 5.11 Å². The second-order valence-electron chi connectivity index (χ2n) is 4.24. The molecule has 0 aliphatic rings. The van der Waals surface area contributed by atoms with E-state index >= 15 is 0 Å². The Morgan fingerprint density at radius 1 is 1.33 bits per heavy atom. The number of likely N-dealkylation sites (N-methyl/N-ethyl adjacent to an activating group) is 1. The van der Waals surface area contributed by atoms with Gasteiger partial charge in [0.1, 0.15) is 0 Å². The van der Waals surface area contributed by atoms with E-state index in [1.54, 1.807) is 6.92 Å². The SMILES string of the molecule is CCN(CCC(=O)O)C(=O)/C=C/c1ccc([N+](=O)[O-])cc1. The minimum Gasteiger partial charge on any atom is -0.481 e. The molecule has 0 saturated carbocycles. The maximum atomic E-state index is 11.9. The fraction of sp³-hybridized carbons (Fsp3) is 0.286. The summed E-state index contributed by atoms with van der Waals surface area (Å²) in [5, 5.41) is 19.1. The quantitative estimate of drug-likeness (QED) is 0.470. The summed E-state index contributed by atoms with van der Waals surface area (Å²) in [5.74, 6) is -1.25. The van der Waals surface area contributed by atoms with Gasteiger partial charge in [0.25, 0.3) is 5.69 Å². The topological polar surface area (TPSA) is 101 Å². The highest BCUT2D eigenvalue weighted by atomic mass is 16.6. The molecule has 0 saturated heterocycles. The van der Waals surface area contributed by atoms with Crippen LogP contribution in [0.25, 0.3) is 6.08 Å². The molecule has 0 aliphatic heterocycles. The molecule has 1 rings (SSSR count). The number of nitro groups is 1. The van der Waals surface area contributed by atoms with E-state index in [0.717, 1.165) is 0 Å². The van der Waals surface area contributed by atoms with Crippen molar-refractivity contribution in [3.8, 4) is 0 Å². The molecular formula is C14H16N2O5. The fourth-order valence-corrected chi connectivity index (χ4v) is 1.63. The lowest BCUT2D eigenvalue weighted by Gasteiger charge is -2.17. The van der Waals surface area contributed by atoms with Crippen molar-refractivity contribution in [3.05, 3.63) is 46.0 Å². The lowest BCUT2D eigenvalue weighted by atomic mass is 10.2. The number of carbonyl (C=O) groups excluding carboxylic acids is 1. The normalized spacial score (nSPS) is 10.5. The molecule has 0 atom stereocenters. The van der Waals surface area contributed by atoms with Crippen molar-refractivity contribution in [2.45, 2.75) is 13.3 Å². The van der Waals surface area contributed by atoms with Crippen molar-refractivity contribution in [1.29, 1.82) is 0 Å². The van der Waals surface area contributed by atoms with Gasteiger partial charge < -0.3 is 10.0 Å². The van der Waals surface area contributed by atoms with Crippen LogP contribution in [0.4, 0.5) is 5.69 Å². The van der Waals surface area contributed by atoms with Crippen molar-refractivity contribution in [1.82, 2.24) is 4.90 Å². The molecule has 1 N–H and O–H groups in total. The molecule has 0 aromatic heterocycles. The zero-order valence-corrected chi connectivity index (χ0v) is 11.6. The first-order valence-electron chi connectivity index (χ1n) is 6.37. The average molecular weight is 292 g/mol. The second-order valence-corrected chi connectivity index (χ2v) is 4.24. The number of nitrogens with zero attached hydrogens (tertiary/aromatic N) is 2. The van der Waals surface area contributed by atoms with Gasteiger partial charge in [-0.1, -0.05) is 0 Å². The van der Waals surface area contributed by atoms with Crippen LogP contribution in [0.5, 0.6) is 0 Å².